The van der Waals surface area contributed by atoms with E-state index < -0.39 is 0 Å². The van der Waals surface area contributed by atoms with Gasteiger partial charge >= 0.3 is 0 Å². The van der Waals surface area contributed by atoms with E-state index in [9.17, 15) is 5.11 Å². The van der Waals surface area contributed by atoms with Gasteiger partial charge in [-0.05, 0) is 19.1 Å². The molecule has 80 valence electrons. The van der Waals surface area contributed by atoms with E-state index in [-0.39, 0.29) is 5.75 Å². The van der Waals surface area contributed by atoms with E-state index in [1.807, 2.05) is 29.7 Å². The van der Waals surface area contributed by atoms with Crippen LogP contribution in [0.3, 0.4) is 0 Å². The molecule has 3 N–H and O–H groups in total. The number of para-hydroxylation sites is 1. The van der Waals surface area contributed by atoms with Crippen LogP contribution in [0.2, 0.25) is 0 Å². The van der Waals surface area contributed by atoms with Crippen LogP contribution in [0.25, 0.3) is 10.9 Å². The number of fused-ring (bicyclic) bond motifs is 1. The Bertz CT molecular complexity index is 477. The predicted octanol–water partition coefficient (Wildman–Crippen LogP) is 1.76. The molecule has 1 aromatic heterocycles. The van der Waals surface area contributed by atoms with Crippen molar-refractivity contribution in [2.45, 2.75) is 20.1 Å². The second-order valence-corrected chi connectivity index (χ2v) is 3.41. The van der Waals surface area contributed by atoms with Crippen molar-refractivity contribution < 1.29 is 9.94 Å². The van der Waals surface area contributed by atoms with Crippen molar-refractivity contribution in [3.05, 3.63) is 30.0 Å². The maximum absolute atomic E-state index is 9.77. The van der Waals surface area contributed by atoms with Gasteiger partial charge in [0, 0.05) is 17.6 Å². The lowest BCUT2D eigenvalue weighted by molar-refractivity contribution is 0.119. The molecule has 0 unspecified atom stereocenters. The third kappa shape index (κ3) is 1.58. The highest BCUT2D eigenvalue weighted by Gasteiger charge is 2.10. The Labute approximate surface area is 87.8 Å². The number of aromatic hydroxyl groups is 1. The SMILES string of the molecule is CCn1c(CON)cc2cccc(O)c21. The normalized spacial score (nSPS) is 11.1. The minimum atomic E-state index is 0.289. The van der Waals surface area contributed by atoms with E-state index in [1.165, 1.54) is 0 Å². The third-order valence-electron chi connectivity index (χ3n) is 2.53. The summed E-state index contributed by atoms with van der Waals surface area (Å²) in [4.78, 5) is 4.64. The lowest BCUT2D eigenvalue weighted by Gasteiger charge is -2.07. The van der Waals surface area contributed by atoms with Gasteiger partial charge in [-0.15, -0.1) is 0 Å². The molecule has 1 aromatic carbocycles. The van der Waals surface area contributed by atoms with Crippen molar-refractivity contribution in [2.75, 3.05) is 0 Å². The number of hydrogen-bond acceptors (Lipinski definition) is 3. The fourth-order valence-electron chi connectivity index (χ4n) is 1.93. The average molecular weight is 206 g/mol. The van der Waals surface area contributed by atoms with Crippen LogP contribution in [0, 0.1) is 0 Å². The fraction of sp³-hybridized carbons (Fsp3) is 0.273. The number of nitrogens with zero attached hydrogens (tertiary/aromatic N) is 1. The van der Waals surface area contributed by atoms with Crippen LogP contribution in [-0.4, -0.2) is 9.67 Å². The molecule has 0 aliphatic rings. The number of nitrogens with two attached hydrogens (primary N) is 1. The molecule has 0 amide bonds. The maximum atomic E-state index is 9.77. The highest BCUT2D eigenvalue weighted by atomic mass is 16.6. The van der Waals surface area contributed by atoms with Crippen molar-refractivity contribution in [3.8, 4) is 5.75 Å². The van der Waals surface area contributed by atoms with E-state index in [0.717, 1.165) is 23.1 Å². The largest absolute Gasteiger partial charge is 0.506 e. The van der Waals surface area contributed by atoms with Crippen molar-refractivity contribution in [3.63, 3.8) is 0 Å². The zero-order valence-electron chi connectivity index (χ0n) is 8.60. The van der Waals surface area contributed by atoms with Crippen molar-refractivity contribution in [1.29, 1.82) is 0 Å². The van der Waals surface area contributed by atoms with Crippen molar-refractivity contribution in [1.82, 2.24) is 4.57 Å². The fourth-order valence-corrected chi connectivity index (χ4v) is 1.93. The molecule has 4 nitrogen and oxygen atoms in total. The summed E-state index contributed by atoms with van der Waals surface area (Å²) in [5.41, 5.74) is 1.81. The molecule has 0 radical (unpaired) electrons. The molecule has 0 fully saturated rings. The Morgan fingerprint density at radius 3 is 2.93 bits per heavy atom. The molecule has 1 heterocycles. The van der Waals surface area contributed by atoms with Crippen LogP contribution in [0.5, 0.6) is 5.75 Å². The summed E-state index contributed by atoms with van der Waals surface area (Å²) in [6, 6.07) is 7.44. The van der Waals surface area contributed by atoms with Crippen LogP contribution in [-0.2, 0) is 18.0 Å². The number of aromatic nitrogens is 1. The van der Waals surface area contributed by atoms with E-state index in [1.54, 1.807) is 6.07 Å². The lowest BCUT2D eigenvalue weighted by atomic mass is 10.2. The summed E-state index contributed by atoms with van der Waals surface area (Å²) >= 11 is 0. The summed E-state index contributed by atoms with van der Waals surface area (Å²) in [6.07, 6.45) is 0. The summed E-state index contributed by atoms with van der Waals surface area (Å²) < 4.78 is 2.00. The Morgan fingerprint density at radius 1 is 1.47 bits per heavy atom. The van der Waals surface area contributed by atoms with E-state index in [4.69, 9.17) is 5.90 Å². The van der Waals surface area contributed by atoms with Crippen LogP contribution in [0.15, 0.2) is 24.3 Å². The number of benzene rings is 1. The van der Waals surface area contributed by atoms with Gasteiger partial charge in [-0.1, -0.05) is 12.1 Å². The third-order valence-corrected chi connectivity index (χ3v) is 2.53. The maximum Gasteiger partial charge on any atom is 0.139 e. The van der Waals surface area contributed by atoms with Gasteiger partial charge in [-0.2, -0.15) is 0 Å². The highest BCUT2D eigenvalue weighted by Crippen LogP contribution is 2.28. The number of phenols is 1. The zero-order valence-corrected chi connectivity index (χ0v) is 8.60. The van der Waals surface area contributed by atoms with Crippen LogP contribution >= 0.6 is 0 Å². The van der Waals surface area contributed by atoms with E-state index in [2.05, 4.69) is 4.84 Å². The molecule has 0 saturated carbocycles. The minimum Gasteiger partial charge on any atom is -0.506 e. The number of hydrogen-bond donors (Lipinski definition) is 2. The van der Waals surface area contributed by atoms with E-state index in [0.29, 0.717) is 6.61 Å². The predicted molar refractivity (Wildman–Crippen MR) is 58.3 cm³/mol. The van der Waals surface area contributed by atoms with Crippen LogP contribution in [0.4, 0.5) is 0 Å². The average Bonchev–Trinajstić information content (AvgIpc) is 2.57. The summed E-state index contributed by atoms with van der Waals surface area (Å²) in [5.74, 6) is 5.36. The Kier molecular flexibility index (Phi) is 2.62. The monoisotopic (exact) mass is 206 g/mol. The lowest BCUT2D eigenvalue weighted by Crippen LogP contribution is -2.05. The van der Waals surface area contributed by atoms with Gasteiger partial charge in [-0.3, -0.25) is 4.84 Å². The van der Waals surface area contributed by atoms with Gasteiger partial charge in [-0.25, -0.2) is 5.90 Å². The molecule has 0 spiro atoms. The van der Waals surface area contributed by atoms with Gasteiger partial charge in [0.1, 0.15) is 12.4 Å². The topological polar surface area (TPSA) is 60.4 Å². The molecule has 0 saturated heterocycles. The molecule has 4 heteroatoms. The van der Waals surface area contributed by atoms with Crippen LogP contribution < -0.4 is 5.90 Å². The second-order valence-electron chi connectivity index (χ2n) is 3.41. The van der Waals surface area contributed by atoms with Crippen LogP contribution in [0.1, 0.15) is 12.6 Å². The molecule has 0 bridgehead atoms. The molecular weight excluding hydrogens is 192 g/mol. The first-order valence-corrected chi connectivity index (χ1v) is 4.89. The molecule has 0 aliphatic carbocycles. The van der Waals surface area contributed by atoms with E-state index >= 15 is 0 Å². The summed E-state index contributed by atoms with van der Waals surface area (Å²) in [7, 11) is 0. The summed E-state index contributed by atoms with van der Waals surface area (Å²) in [5, 5.41) is 10.8. The first-order chi connectivity index (χ1) is 7.27. The molecule has 0 aliphatic heterocycles. The van der Waals surface area contributed by atoms with Gasteiger partial charge in [0.15, 0.2) is 0 Å². The first kappa shape index (κ1) is 10.0. The number of phenolic OH excluding ortho intramolecular Hbond substituents is 1. The number of aryl methyl sites for hydroxylation is 1. The molecular formula is C11H14N2O2. The standard InChI is InChI=1S/C11H14N2O2/c1-2-13-9(7-15-12)6-8-4-3-5-10(14)11(8)13/h3-6,14H,2,7,12H2,1H3. The Hall–Kier alpha value is -1.52. The minimum absolute atomic E-state index is 0.289. The molecule has 2 rings (SSSR count). The van der Waals surface area contributed by atoms with Gasteiger partial charge in [0.2, 0.25) is 0 Å². The molecule has 2 aromatic rings. The highest BCUT2D eigenvalue weighted by molar-refractivity contribution is 5.86. The molecule has 15 heavy (non-hydrogen) atoms. The van der Waals surface area contributed by atoms with Crippen molar-refractivity contribution in [2.24, 2.45) is 5.90 Å². The quantitative estimate of drug-likeness (QED) is 0.752. The second kappa shape index (κ2) is 3.92. The zero-order chi connectivity index (χ0) is 10.8. The van der Waals surface area contributed by atoms with Crippen molar-refractivity contribution >= 4 is 10.9 Å². The Balaban J connectivity index is 2.68. The number of rotatable bonds is 3. The first-order valence-electron chi connectivity index (χ1n) is 4.89. The van der Waals surface area contributed by atoms with Gasteiger partial charge in [0.25, 0.3) is 0 Å². The Morgan fingerprint density at radius 2 is 2.27 bits per heavy atom. The van der Waals surface area contributed by atoms with Gasteiger partial charge in [0.05, 0.1) is 5.52 Å². The molecule has 0 atom stereocenters. The smallest absolute Gasteiger partial charge is 0.139 e. The summed E-state index contributed by atoms with van der Waals surface area (Å²) in [6.45, 7) is 3.15. The van der Waals surface area contributed by atoms with Gasteiger partial charge < -0.3 is 9.67 Å².